The highest BCUT2D eigenvalue weighted by Crippen LogP contribution is 2.06. The van der Waals surface area contributed by atoms with Crippen molar-refractivity contribution in [3.63, 3.8) is 0 Å². The van der Waals surface area contributed by atoms with Crippen molar-refractivity contribution in [2.24, 2.45) is 5.73 Å². The van der Waals surface area contributed by atoms with E-state index in [1.54, 1.807) is 0 Å². The van der Waals surface area contributed by atoms with Crippen molar-refractivity contribution in [3.8, 4) is 0 Å². The fraction of sp³-hybridized carbons (Fsp3) is 0.857. The summed E-state index contributed by atoms with van der Waals surface area (Å²) in [7, 11) is -1.24. The van der Waals surface area contributed by atoms with Gasteiger partial charge in [-0.15, -0.1) is 0 Å². The third-order valence-electron chi connectivity index (χ3n) is 1.52. The number of primary amides is 1. The SMILES string of the molecule is CCO[Si](CNC(N)=O)(OC)OCC. The van der Waals surface area contributed by atoms with E-state index in [0.29, 0.717) is 13.2 Å². The summed E-state index contributed by atoms with van der Waals surface area (Å²) in [6.45, 7) is 4.62. The van der Waals surface area contributed by atoms with Crippen LogP contribution in [0.1, 0.15) is 13.8 Å². The van der Waals surface area contributed by atoms with Crippen LogP contribution >= 0.6 is 0 Å². The van der Waals surface area contributed by atoms with Crippen LogP contribution < -0.4 is 11.1 Å². The second-order valence-electron chi connectivity index (χ2n) is 2.47. The number of hydrogen-bond donors (Lipinski definition) is 2. The van der Waals surface area contributed by atoms with Gasteiger partial charge in [0.1, 0.15) is 0 Å². The molecule has 0 radical (unpaired) electrons. The predicted octanol–water partition coefficient (Wildman–Crippen LogP) is -0.148. The summed E-state index contributed by atoms with van der Waals surface area (Å²) < 4.78 is 16.0. The molecule has 14 heavy (non-hydrogen) atoms. The van der Waals surface area contributed by atoms with E-state index in [1.165, 1.54) is 7.11 Å². The molecule has 7 heteroatoms. The minimum atomic E-state index is -2.74. The summed E-state index contributed by atoms with van der Waals surface area (Å²) in [5.74, 6) is 0. The number of nitrogens with two attached hydrogens (primary N) is 1. The average Bonchev–Trinajstić information content (AvgIpc) is 2.15. The van der Waals surface area contributed by atoms with Crippen LogP contribution in [0.4, 0.5) is 4.79 Å². The summed E-state index contributed by atoms with van der Waals surface area (Å²) in [6.07, 6.45) is 0.195. The van der Waals surface area contributed by atoms with E-state index in [1.807, 2.05) is 13.8 Å². The molecule has 6 nitrogen and oxygen atoms in total. The van der Waals surface area contributed by atoms with Crippen LogP contribution in [0.5, 0.6) is 0 Å². The fourth-order valence-corrected chi connectivity index (χ4v) is 2.91. The molecule has 3 N–H and O–H groups in total. The van der Waals surface area contributed by atoms with Crippen LogP contribution in [-0.4, -0.2) is 41.3 Å². The van der Waals surface area contributed by atoms with Gasteiger partial charge in [-0.25, -0.2) is 4.79 Å². The Labute approximate surface area is 85.1 Å². The Morgan fingerprint density at radius 2 is 1.86 bits per heavy atom. The van der Waals surface area contributed by atoms with Crippen molar-refractivity contribution in [1.29, 1.82) is 0 Å². The Bertz CT molecular complexity index is 173. The highest BCUT2D eigenvalue weighted by atomic mass is 28.4. The van der Waals surface area contributed by atoms with Gasteiger partial charge in [0.05, 0.1) is 6.17 Å². The smallest absolute Gasteiger partial charge is 0.376 e. The summed E-state index contributed by atoms with van der Waals surface area (Å²) in [5, 5.41) is 2.43. The molecule has 0 fully saturated rings. The molecule has 0 saturated heterocycles. The molecular weight excluding hydrogens is 204 g/mol. The predicted molar refractivity (Wildman–Crippen MR) is 53.6 cm³/mol. The van der Waals surface area contributed by atoms with E-state index >= 15 is 0 Å². The monoisotopic (exact) mass is 222 g/mol. The van der Waals surface area contributed by atoms with Gasteiger partial charge < -0.3 is 24.3 Å². The Morgan fingerprint density at radius 1 is 1.36 bits per heavy atom. The van der Waals surface area contributed by atoms with Gasteiger partial charge in [0.25, 0.3) is 0 Å². The van der Waals surface area contributed by atoms with Gasteiger partial charge >= 0.3 is 14.8 Å². The van der Waals surface area contributed by atoms with Crippen molar-refractivity contribution in [2.45, 2.75) is 13.8 Å². The maximum absolute atomic E-state index is 10.5. The van der Waals surface area contributed by atoms with Crippen molar-refractivity contribution < 1.29 is 18.1 Å². The molecule has 0 aromatic heterocycles. The molecule has 0 atom stereocenters. The summed E-state index contributed by atoms with van der Waals surface area (Å²) in [6, 6.07) is -0.613. The molecule has 0 spiro atoms. The Morgan fingerprint density at radius 3 is 2.14 bits per heavy atom. The number of amides is 2. The van der Waals surface area contributed by atoms with E-state index in [-0.39, 0.29) is 6.17 Å². The number of rotatable bonds is 7. The Kier molecular flexibility index (Phi) is 6.46. The first kappa shape index (κ1) is 13.4. The average molecular weight is 222 g/mol. The third kappa shape index (κ3) is 4.56. The first-order valence-corrected chi connectivity index (χ1v) is 6.39. The highest BCUT2D eigenvalue weighted by molar-refractivity contribution is 6.61. The van der Waals surface area contributed by atoms with Gasteiger partial charge in [0.15, 0.2) is 0 Å². The second kappa shape index (κ2) is 6.77. The first-order chi connectivity index (χ1) is 6.60. The van der Waals surface area contributed by atoms with Crippen LogP contribution in [0.25, 0.3) is 0 Å². The van der Waals surface area contributed by atoms with Gasteiger partial charge in [0, 0.05) is 20.3 Å². The maximum Gasteiger partial charge on any atom is 0.520 e. The maximum atomic E-state index is 10.5. The largest absolute Gasteiger partial charge is 0.520 e. The van der Waals surface area contributed by atoms with Gasteiger partial charge in [-0.1, -0.05) is 0 Å². The zero-order valence-electron chi connectivity index (χ0n) is 8.83. The second-order valence-corrected chi connectivity index (χ2v) is 5.18. The third-order valence-corrected chi connectivity index (χ3v) is 4.21. The molecule has 0 rings (SSSR count). The summed E-state index contributed by atoms with van der Waals surface area (Å²) >= 11 is 0. The number of hydrogen-bond acceptors (Lipinski definition) is 4. The van der Waals surface area contributed by atoms with Crippen LogP contribution in [0, 0.1) is 0 Å². The van der Waals surface area contributed by atoms with Gasteiger partial charge in [0.2, 0.25) is 0 Å². The minimum absolute atomic E-state index is 0.195. The van der Waals surface area contributed by atoms with Crippen molar-refractivity contribution >= 4 is 14.8 Å². The molecule has 0 aliphatic heterocycles. The lowest BCUT2D eigenvalue weighted by Crippen LogP contribution is -2.55. The molecule has 0 unspecified atom stereocenters. The van der Waals surface area contributed by atoms with Crippen molar-refractivity contribution in [1.82, 2.24) is 5.32 Å². The quantitative estimate of drug-likeness (QED) is 0.587. The molecule has 0 aromatic rings. The fourth-order valence-electron chi connectivity index (χ4n) is 0.969. The van der Waals surface area contributed by atoms with E-state index < -0.39 is 14.8 Å². The van der Waals surface area contributed by atoms with E-state index in [2.05, 4.69) is 5.32 Å². The molecular formula is C7H18N2O4Si. The Hall–Kier alpha value is -0.633. The van der Waals surface area contributed by atoms with Crippen LogP contribution in [0.3, 0.4) is 0 Å². The van der Waals surface area contributed by atoms with Gasteiger partial charge in [-0.2, -0.15) is 0 Å². The summed E-state index contributed by atoms with van der Waals surface area (Å²) in [5.41, 5.74) is 4.95. The zero-order valence-corrected chi connectivity index (χ0v) is 9.83. The normalized spacial score (nSPS) is 11.4. The van der Waals surface area contributed by atoms with Gasteiger partial charge in [-0.05, 0) is 13.8 Å². The van der Waals surface area contributed by atoms with Crippen LogP contribution in [-0.2, 0) is 13.3 Å². The molecule has 84 valence electrons. The molecule has 0 aliphatic carbocycles. The first-order valence-electron chi connectivity index (χ1n) is 4.46. The topological polar surface area (TPSA) is 82.8 Å². The lowest BCUT2D eigenvalue weighted by atomic mass is 10.9. The summed E-state index contributed by atoms with van der Waals surface area (Å²) in [4.78, 5) is 10.5. The van der Waals surface area contributed by atoms with Gasteiger partial charge in [-0.3, -0.25) is 0 Å². The molecule has 0 saturated carbocycles. The number of nitrogens with one attached hydrogen (secondary N) is 1. The molecule has 0 heterocycles. The lowest BCUT2D eigenvalue weighted by Gasteiger charge is -2.26. The lowest BCUT2D eigenvalue weighted by molar-refractivity contribution is 0.0860. The molecule has 0 aliphatic rings. The van der Waals surface area contributed by atoms with Crippen LogP contribution in [0.15, 0.2) is 0 Å². The molecule has 0 bridgehead atoms. The standard InChI is InChI=1S/C7H18N2O4Si/c1-4-12-14(11-3,13-5-2)6-9-7(8)10/h4-6H2,1-3H3,(H3,8,9,10). The number of urea groups is 1. The minimum Gasteiger partial charge on any atom is -0.376 e. The molecule has 2 amide bonds. The Balaban J connectivity index is 4.24. The number of carbonyl (C=O) groups is 1. The van der Waals surface area contributed by atoms with Crippen molar-refractivity contribution in [2.75, 3.05) is 26.5 Å². The van der Waals surface area contributed by atoms with Crippen LogP contribution in [0.2, 0.25) is 0 Å². The highest BCUT2D eigenvalue weighted by Gasteiger charge is 2.39. The van der Waals surface area contributed by atoms with E-state index in [9.17, 15) is 4.79 Å². The number of carbonyl (C=O) groups excluding carboxylic acids is 1. The van der Waals surface area contributed by atoms with E-state index in [4.69, 9.17) is 19.0 Å². The van der Waals surface area contributed by atoms with Crippen molar-refractivity contribution in [3.05, 3.63) is 0 Å². The molecule has 0 aromatic carbocycles. The van der Waals surface area contributed by atoms with E-state index in [0.717, 1.165) is 0 Å². The zero-order chi connectivity index (χ0) is 11.0.